The maximum Gasteiger partial charge on any atom is 2.00 e. The number of halogens is 2. The predicted molar refractivity (Wildman–Crippen MR) is 66.0 cm³/mol. The van der Waals surface area contributed by atoms with Crippen LogP contribution in [0.5, 0.6) is 0 Å². The largest absolute Gasteiger partial charge is 2.00 e. The molecule has 2 aromatic carbocycles. The van der Waals surface area contributed by atoms with E-state index in [1.165, 1.54) is 0 Å². The fraction of sp³-hybridized carbons (Fsp3) is 0. The van der Waals surface area contributed by atoms with Gasteiger partial charge in [-0.3, -0.25) is 0 Å². The molecule has 0 amide bonds. The van der Waals surface area contributed by atoms with Crippen LogP contribution in [0.3, 0.4) is 0 Å². The Bertz CT molecular complexity index is 311. The van der Waals surface area contributed by atoms with Crippen LogP contribution in [0.4, 0.5) is 0 Å². The second-order valence-electron chi connectivity index (χ2n) is 2.44. The molecule has 80 valence electrons. The van der Waals surface area contributed by atoms with Gasteiger partial charge in [-0.2, -0.15) is 60.7 Å². The molecule has 0 aliphatic heterocycles. The minimum Gasteiger partial charge on any atom is -0.184 e. The zero-order valence-electron chi connectivity index (χ0n) is 7.69. The molecule has 0 heterocycles. The summed E-state index contributed by atoms with van der Waals surface area (Å²) in [6.45, 7) is 0. The third-order valence-electron chi connectivity index (χ3n) is 1.36. The van der Waals surface area contributed by atoms with Crippen LogP contribution in [0.2, 0.25) is 0 Å². The molecule has 0 saturated heterocycles. The average Bonchev–Trinajstić information content (AvgIpc) is 2.21. The van der Waals surface area contributed by atoms with Gasteiger partial charge in [0.25, 0.3) is 0 Å². The van der Waals surface area contributed by atoms with E-state index in [0.29, 0.717) is 0 Å². The maximum absolute atomic E-state index is 3.29. The van der Waals surface area contributed by atoms with E-state index in [2.05, 4.69) is 44.0 Å². The Kier molecular flexibility index (Phi) is 9.38. The number of hydrogen-bond donors (Lipinski definition) is 0. The summed E-state index contributed by atoms with van der Waals surface area (Å²) in [5.74, 6) is 0. The summed E-state index contributed by atoms with van der Waals surface area (Å²) in [7, 11) is 0. The quantitative estimate of drug-likeness (QED) is 0.462. The maximum atomic E-state index is 3.29. The Hall–Kier alpha value is 0.0883. The van der Waals surface area contributed by atoms with Gasteiger partial charge in [0, 0.05) is 0 Å². The van der Waals surface area contributed by atoms with E-state index in [-0.39, 0.29) is 21.1 Å². The fourth-order valence-electron chi connectivity index (χ4n) is 0.733. The molecule has 0 spiro atoms. The first-order valence-corrected chi connectivity index (χ1v) is 5.61. The minimum absolute atomic E-state index is 0. The van der Waals surface area contributed by atoms with Crippen molar-refractivity contribution in [2.24, 2.45) is 0 Å². The molecule has 0 radical (unpaired) electrons. The van der Waals surface area contributed by atoms with Crippen LogP contribution in [-0.4, -0.2) is 0 Å². The zero-order valence-corrected chi connectivity index (χ0v) is 13.1. The van der Waals surface area contributed by atoms with Gasteiger partial charge in [0.15, 0.2) is 0 Å². The van der Waals surface area contributed by atoms with Crippen LogP contribution in [0.15, 0.2) is 57.5 Å². The third kappa shape index (κ3) is 7.95. The first kappa shape index (κ1) is 15.1. The van der Waals surface area contributed by atoms with Crippen LogP contribution in [-0.2, 0) is 21.1 Å². The van der Waals surface area contributed by atoms with E-state index >= 15 is 0 Å². The van der Waals surface area contributed by atoms with Gasteiger partial charge in [-0.15, -0.1) is 0 Å². The van der Waals surface area contributed by atoms with Gasteiger partial charge in [0.1, 0.15) is 0 Å². The molecule has 2 rings (SSSR count). The number of hydrogen-bond acceptors (Lipinski definition) is 0. The fourth-order valence-corrected chi connectivity index (χ4v) is 1.26. The molecular weight excluding hydrogens is 499 g/mol. The van der Waals surface area contributed by atoms with Crippen molar-refractivity contribution in [3.8, 4) is 0 Å². The van der Waals surface area contributed by atoms with Gasteiger partial charge >= 0.3 is 21.1 Å². The third-order valence-corrected chi connectivity index (χ3v) is 2.41. The van der Waals surface area contributed by atoms with Crippen LogP contribution in [0.25, 0.3) is 0 Å². The topological polar surface area (TPSA) is 0 Å². The Balaban J connectivity index is 0.000000245. The van der Waals surface area contributed by atoms with Crippen molar-refractivity contribution >= 4 is 31.9 Å². The standard InChI is InChI=1S/2C6H4Br.Pt/c2*7-6-4-2-1-3-5-6;/h2*2-5H;/q2*-1;+2. The van der Waals surface area contributed by atoms with Crippen molar-refractivity contribution in [1.82, 2.24) is 0 Å². The van der Waals surface area contributed by atoms with Crippen molar-refractivity contribution in [2.45, 2.75) is 0 Å². The van der Waals surface area contributed by atoms with Crippen molar-refractivity contribution in [1.29, 1.82) is 0 Å². The Morgan fingerprint density at radius 3 is 1.07 bits per heavy atom. The zero-order chi connectivity index (χ0) is 10.2. The first-order valence-electron chi connectivity index (χ1n) is 4.02. The summed E-state index contributed by atoms with van der Waals surface area (Å²) in [5.41, 5.74) is 0. The second-order valence-corrected chi connectivity index (χ2v) is 4.27. The SMILES string of the molecule is Brc1cc[c-]cc1.Brc1cc[c-]cc1.[Pt+2]. The molecule has 2 aromatic rings. The van der Waals surface area contributed by atoms with Crippen molar-refractivity contribution in [2.75, 3.05) is 0 Å². The van der Waals surface area contributed by atoms with Crippen LogP contribution in [0.1, 0.15) is 0 Å². The van der Waals surface area contributed by atoms with E-state index in [9.17, 15) is 0 Å². The molecule has 0 aliphatic rings. The second kappa shape index (κ2) is 9.32. The molecule has 0 nitrogen and oxygen atoms in total. The monoisotopic (exact) mass is 505 g/mol. The van der Waals surface area contributed by atoms with Crippen LogP contribution in [0, 0.1) is 12.1 Å². The Morgan fingerprint density at radius 2 is 0.933 bits per heavy atom. The molecule has 15 heavy (non-hydrogen) atoms. The normalized spacial score (nSPS) is 8.13. The smallest absolute Gasteiger partial charge is 0.184 e. The van der Waals surface area contributed by atoms with Gasteiger partial charge in [-0.25, -0.2) is 0 Å². The molecule has 0 aromatic heterocycles. The number of benzene rings is 2. The summed E-state index contributed by atoms with van der Waals surface area (Å²) in [5, 5.41) is 0. The summed E-state index contributed by atoms with van der Waals surface area (Å²) >= 11 is 6.58. The molecule has 0 atom stereocenters. The minimum atomic E-state index is 0. The van der Waals surface area contributed by atoms with E-state index in [0.717, 1.165) is 8.95 Å². The van der Waals surface area contributed by atoms with E-state index in [1.54, 1.807) is 0 Å². The molecule has 0 N–H and O–H groups in total. The molecule has 0 unspecified atom stereocenters. The van der Waals surface area contributed by atoms with Crippen molar-refractivity contribution in [3.05, 3.63) is 69.6 Å². The van der Waals surface area contributed by atoms with Gasteiger partial charge in [0.2, 0.25) is 0 Å². The molecular formula is C12H8Br2Pt. The molecule has 0 bridgehead atoms. The van der Waals surface area contributed by atoms with Crippen LogP contribution >= 0.6 is 31.9 Å². The van der Waals surface area contributed by atoms with Gasteiger partial charge in [-0.05, 0) is 0 Å². The van der Waals surface area contributed by atoms with Crippen LogP contribution < -0.4 is 0 Å². The summed E-state index contributed by atoms with van der Waals surface area (Å²) < 4.78 is 2.21. The van der Waals surface area contributed by atoms with Gasteiger partial charge in [-0.1, -0.05) is 40.8 Å². The van der Waals surface area contributed by atoms with Crippen molar-refractivity contribution < 1.29 is 21.1 Å². The van der Waals surface area contributed by atoms with E-state index < -0.39 is 0 Å². The average molecular weight is 507 g/mol. The Labute approximate surface area is 122 Å². The van der Waals surface area contributed by atoms with E-state index in [1.807, 2.05) is 48.5 Å². The molecule has 0 saturated carbocycles. The summed E-state index contributed by atoms with van der Waals surface area (Å²) in [4.78, 5) is 0. The molecule has 0 aliphatic carbocycles. The molecule has 3 heteroatoms. The Morgan fingerprint density at radius 1 is 0.667 bits per heavy atom. The molecule has 0 fully saturated rings. The van der Waals surface area contributed by atoms with Gasteiger partial charge < -0.3 is 0 Å². The van der Waals surface area contributed by atoms with E-state index in [4.69, 9.17) is 0 Å². The predicted octanol–water partition coefficient (Wildman–Crippen LogP) is 4.50. The first-order chi connectivity index (χ1) is 6.79. The summed E-state index contributed by atoms with van der Waals surface area (Å²) in [6.07, 6.45) is 0. The summed E-state index contributed by atoms with van der Waals surface area (Å²) in [6, 6.07) is 21.0. The van der Waals surface area contributed by atoms with Crippen molar-refractivity contribution in [3.63, 3.8) is 0 Å². The number of rotatable bonds is 0. The van der Waals surface area contributed by atoms with Gasteiger partial charge in [0.05, 0.1) is 0 Å².